The van der Waals surface area contributed by atoms with Crippen molar-refractivity contribution in [2.45, 2.75) is 24.4 Å². The van der Waals surface area contributed by atoms with Crippen LogP contribution in [0.15, 0.2) is 42.9 Å². The molecule has 9 heteroatoms. The number of amides is 1. The third-order valence-electron chi connectivity index (χ3n) is 6.63. The van der Waals surface area contributed by atoms with E-state index in [1.165, 1.54) is 17.0 Å². The maximum absolute atomic E-state index is 15.0. The van der Waals surface area contributed by atoms with Crippen LogP contribution in [-0.2, 0) is 0 Å². The molecule has 164 valence electrons. The highest BCUT2D eigenvalue weighted by molar-refractivity contribution is 5.98. The van der Waals surface area contributed by atoms with Crippen molar-refractivity contribution < 1.29 is 13.9 Å². The number of nitrogens with two attached hydrogens (primary N) is 1. The molecular weight excluding hydrogens is 423 g/mol. The summed E-state index contributed by atoms with van der Waals surface area (Å²) in [5, 5.41) is 0. The van der Waals surface area contributed by atoms with Gasteiger partial charge in [-0.25, -0.2) is 20.9 Å². The van der Waals surface area contributed by atoms with Crippen LogP contribution in [0, 0.1) is 12.4 Å². The third kappa shape index (κ3) is 2.91. The summed E-state index contributed by atoms with van der Waals surface area (Å²) < 4.78 is 22.5. The van der Waals surface area contributed by atoms with E-state index >= 15 is 0 Å². The second-order valence-electron chi connectivity index (χ2n) is 8.55. The van der Waals surface area contributed by atoms with Gasteiger partial charge in [-0.3, -0.25) is 9.20 Å². The highest BCUT2D eigenvalue weighted by Crippen LogP contribution is 2.46. The first kappa shape index (κ1) is 19.5. The van der Waals surface area contributed by atoms with E-state index < -0.39 is 11.7 Å². The van der Waals surface area contributed by atoms with Crippen LogP contribution >= 0.6 is 0 Å². The number of likely N-dealkylation sites (N-methyl/N-ethyl adjacent to an activating group) is 1. The molecule has 1 aliphatic carbocycles. The van der Waals surface area contributed by atoms with E-state index in [9.17, 15) is 9.18 Å². The summed E-state index contributed by atoms with van der Waals surface area (Å²) in [5.41, 5.74) is 9.32. The van der Waals surface area contributed by atoms with Crippen LogP contribution in [0.5, 0.6) is 5.75 Å². The second kappa shape index (κ2) is 6.90. The normalized spacial score (nSPS) is 20.9. The van der Waals surface area contributed by atoms with Crippen LogP contribution in [0.4, 0.5) is 10.2 Å². The van der Waals surface area contributed by atoms with Crippen molar-refractivity contribution >= 4 is 28.3 Å². The molecule has 2 aromatic carbocycles. The number of carbonyl (C=O) groups is 1. The average molecular weight is 442 g/mol. The zero-order chi connectivity index (χ0) is 22.9. The number of aromatic nitrogens is 3. The molecular formula is C24H19FN6O2. The molecule has 0 bridgehead atoms. The lowest BCUT2D eigenvalue weighted by molar-refractivity contribution is 0.0704. The van der Waals surface area contributed by atoms with Crippen LogP contribution in [0.1, 0.15) is 39.9 Å². The zero-order valence-corrected chi connectivity index (χ0v) is 17.7. The number of nitrogen functional groups attached to an aromatic ring is 1. The lowest BCUT2D eigenvalue weighted by Gasteiger charge is -2.24. The molecule has 2 aromatic heterocycles. The van der Waals surface area contributed by atoms with Gasteiger partial charge in [0.1, 0.15) is 29.5 Å². The van der Waals surface area contributed by atoms with Crippen molar-refractivity contribution in [1.82, 2.24) is 19.3 Å². The van der Waals surface area contributed by atoms with Gasteiger partial charge in [-0.2, -0.15) is 0 Å². The van der Waals surface area contributed by atoms with E-state index in [0.717, 1.165) is 17.5 Å². The fourth-order valence-electron chi connectivity index (χ4n) is 4.64. The van der Waals surface area contributed by atoms with Gasteiger partial charge in [0.15, 0.2) is 0 Å². The Kier molecular flexibility index (Phi) is 4.08. The van der Waals surface area contributed by atoms with Gasteiger partial charge in [0, 0.05) is 25.1 Å². The minimum atomic E-state index is -0.667. The third-order valence-corrected chi connectivity index (χ3v) is 6.63. The van der Waals surface area contributed by atoms with Crippen molar-refractivity contribution in [2.24, 2.45) is 0 Å². The summed E-state index contributed by atoms with van der Waals surface area (Å²) in [6.45, 7) is 7.48. The van der Waals surface area contributed by atoms with E-state index in [1.54, 1.807) is 24.0 Å². The molecule has 0 saturated heterocycles. The zero-order valence-electron chi connectivity index (χ0n) is 17.7. The van der Waals surface area contributed by atoms with Gasteiger partial charge in [0.25, 0.3) is 5.91 Å². The molecule has 3 atom stereocenters. The Morgan fingerprint density at radius 3 is 2.97 bits per heavy atom. The van der Waals surface area contributed by atoms with Crippen molar-refractivity contribution in [3.63, 3.8) is 0 Å². The summed E-state index contributed by atoms with van der Waals surface area (Å²) in [6.07, 6.45) is 4.00. The van der Waals surface area contributed by atoms with Crippen molar-refractivity contribution in [3.05, 3.63) is 76.8 Å². The average Bonchev–Trinajstić information content (AvgIpc) is 3.22. The van der Waals surface area contributed by atoms with E-state index in [1.807, 2.05) is 18.2 Å². The summed E-state index contributed by atoms with van der Waals surface area (Å²) in [7, 11) is 1.65. The number of halogens is 1. The number of fused-ring (bicyclic) bond motifs is 4. The lowest BCUT2D eigenvalue weighted by atomic mass is 10.0. The Morgan fingerprint density at radius 1 is 1.33 bits per heavy atom. The minimum Gasteiger partial charge on any atom is -0.491 e. The van der Waals surface area contributed by atoms with E-state index in [0.29, 0.717) is 22.3 Å². The quantitative estimate of drug-likeness (QED) is 0.490. The number of anilines is 1. The molecule has 1 fully saturated rings. The highest BCUT2D eigenvalue weighted by atomic mass is 19.1. The van der Waals surface area contributed by atoms with Gasteiger partial charge in [-0.1, -0.05) is 12.1 Å². The largest absolute Gasteiger partial charge is 0.491 e. The van der Waals surface area contributed by atoms with Crippen LogP contribution in [-0.4, -0.2) is 44.9 Å². The molecule has 1 amide bonds. The van der Waals surface area contributed by atoms with Gasteiger partial charge in [-0.05, 0) is 17.7 Å². The maximum Gasteiger partial charge on any atom is 0.257 e. The molecule has 0 spiro atoms. The fourth-order valence-corrected chi connectivity index (χ4v) is 4.64. The molecule has 1 saturated carbocycles. The molecule has 6 rings (SSSR count). The number of benzene rings is 2. The molecule has 0 unspecified atom stereocenters. The Bertz CT molecular complexity index is 1510. The van der Waals surface area contributed by atoms with Crippen molar-refractivity contribution in [2.75, 3.05) is 19.4 Å². The predicted octanol–water partition coefficient (Wildman–Crippen LogP) is 3.58. The van der Waals surface area contributed by atoms with Crippen LogP contribution < -0.4 is 10.5 Å². The summed E-state index contributed by atoms with van der Waals surface area (Å²) in [4.78, 5) is 26.8. The molecule has 33 heavy (non-hydrogen) atoms. The fraction of sp³-hybridized carbons (Fsp3) is 0.250. The Morgan fingerprint density at radius 2 is 2.18 bits per heavy atom. The van der Waals surface area contributed by atoms with Crippen LogP contribution in [0.3, 0.4) is 0 Å². The highest BCUT2D eigenvalue weighted by Gasteiger charge is 2.46. The smallest absolute Gasteiger partial charge is 0.257 e. The van der Waals surface area contributed by atoms with Gasteiger partial charge in [0.05, 0.1) is 41.1 Å². The van der Waals surface area contributed by atoms with E-state index in [-0.39, 0.29) is 36.0 Å². The number of nitrogens with zero attached hydrogens (tertiary/aromatic N) is 5. The van der Waals surface area contributed by atoms with Crippen LogP contribution in [0.25, 0.3) is 21.4 Å². The first-order valence-electron chi connectivity index (χ1n) is 10.6. The maximum atomic E-state index is 15.0. The molecule has 1 aliphatic heterocycles. The van der Waals surface area contributed by atoms with Crippen molar-refractivity contribution in [1.29, 1.82) is 0 Å². The summed E-state index contributed by atoms with van der Waals surface area (Å²) in [5.74, 6) is 0.0821. The second-order valence-corrected chi connectivity index (χ2v) is 8.55. The monoisotopic (exact) mass is 442 g/mol. The molecule has 2 N–H and O–H groups in total. The Hall–Kier alpha value is -4.19. The standard InChI is InChI=1S/C24H19FN6O2/c1-27-17-6-14(17)12-3-4-13-21(10-33-22(13)5-12)30(2)24(32)15-7-19-18(8-16(15)25)29-23(26)20-9-28-11-31(19)20/h3-5,7-9,11,14,17,21H,6,10H2,2H3,(H2,26,29)/t14-,17+,21+/m0/s1. The van der Waals surface area contributed by atoms with Crippen molar-refractivity contribution in [3.8, 4) is 5.75 Å². The predicted molar refractivity (Wildman–Crippen MR) is 119 cm³/mol. The molecule has 3 heterocycles. The first-order valence-corrected chi connectivity index (χ1v) is 10.6. The Labute approximate surface area is 188 Å². The number of rotatable bonds is 3. The first-order chi connectivity index (χ1) is 16.0. The van der Waals surface area contributed by atoms with Gasteiger partial charge < -0.3 is 20.2 Å². The topological polar surface area (TPSA) is 90.1 Å². The van der Waals surface area contributed by atoms with E-state index in [2.05, 4.69) is 14.8 Å². The number of hydrogen-bond donors (Lipinski definition) is 1. The van der Waals surface area contributed by atoms with Gasteiger partial charge in [0.2, 0.25) is 6.04 Å². The Balaban J connectivity index is 1.34. The number of carbonyl (C=O) groups excluding carboxylic acids is 1. The molecule has 4 aromatic rings. The minimum absolute atomic E-state index is 0.0483. The lowest BCUT2D eigenvalue weighted by Crippen LogP contribution is -2.32. The SMILES string of the molecule is [C-]#[N+][C@@H]1C[C@H]1c1ccc2c(c1)OC[C@H]2N(C)C(=O)c1cc2c(cc1F)nc(N)c1cncn12. The number of ether oxygens (including phenoxy) is 1. The summed E-state index contributed by atoms with van der Waals surface area (Å²) >= 11 is 0. The summed E-state index contributed by atoms with van der Waals surface area (Å²) in [6, 6.07) is 8.33. The number of hydrogen-bond acceptors (Lipinski definition) is 5. The molecule has 2 aliphatic rings. The molecule has 0 radical (unpaired) electrons. The number of imidazole rings is 1. The van der Waals surface area contributed by atoms with Gasteiger partial charge in [-0.15, -0.1) is 0 Å². The molecule has 8 nitrogen and oxygen atoms in total. The van der Waals surface area contributed by atoms with E-state index in [4.69, 9.17) is 17.0 Å². The van der Waals surface area contributed by atoms with Gasteiger partial charge >= 0.3 is 0 Å². The van der Waals surface area contributed by atoms with Crippen LogP contribution in [0.2, 0.25) is 0 Å².